The van der Waals surface area contributed by atoms with Crippen molar-refractivity contribution >= 4 is 19.8 Å². The first-order valence-electron chi connectivity index (χ1n) is 34.7. The van der Waals surface area contributed by atoms with Gasteiger partial charge in [-0.25, -0.2) is 0 Å². The minimum absolute atomic E-state index is 0.0281. The van der Waals surface area contributed by atoms with E-state index in [4.69, 9.17) is 18.5 Å². The summed E-state index contributed by atoms with van der Waals surface area (Å²) >= 11 is 0. The predicted molar refractivity (Wildman–Crippen MR) is 342 cm³/mol. The molecule has 0 bridgehead atoms. The lowest BCUT2D eigenvalue weighted by Crippen LogP contribution is -2.37. The lowest BCUT2D eigenvalue weighted by Gasteiger charge is -2.28. The highest BCUT2D eigenvalue weighted by atomic mass is 31.2. The van der Waals surface area contributed by atoms with Crippen LogP contribution in [0, 0.1) is 0 Å². The number of esters is 2. The number of ether oxygens (including phenoxy) is 2. The number of phosphoric ester groups is 1. The van der Waals surface area contributed by atoms with E-state index in [-0.39, 0.29) is 32.0 Å². The summed E-state index contributed by atoms with van der Waals surface area (Å²) < 4.78 is 34.3. The fourth-order valence-electron chi connectivity index (χ4n) is 10.3. The molecule has 0 aliphatic rings. The van der Waals surface area contributed by atoms with Gasteiger partial charge in [0.15, 0.2) is 6.10 Å². The third-order valence-electron chi connectivity index (χ3n) is 15.7. The number of nitrogens with zero attached hydrogens (tertiary/aromatic N) is 1. The van der Waals surface area contributed by atoms with Gasteiger partial charge in [-0.05, 0) is 51.4 Å². The Bertz CT molecular complexity index is 1440. The van der Waals surface area contributed by atoms with E-state index in [0.29, 0.717) is 17.4 Å². The maximum atomic E-state index is 12.9. The Hall–Kier alpha value is -1.77. The maximum Gasteiger partial charge on any atom is 0.306 e. The monoisotopic (exact) mass is 1150 g/mol. The molecule has 0 aliphatic carbocycles. The van der Waals surface area contributed by atoms with Crippen molar-refractivity contribution in [1.82, 2.24) is 0 Å². The molecule has 472 valence electrons. The zero-order valence-corrected chi connectivity index (χ0v) is 54.7. The number of likely N-dealkylation sites (N-methyl/N-ethyl adjacent to an activating group) is 1. The number of phosphoric acid groups is 1. The highest BCUT2D eigenvalue weighted by molar-refractivity contribution is 7.45. The molecular weight excluding hydrogens is 1010 g/mol. The van der Waals surface area contributed by atoms with Crippen molar-refractivity contribution in [3.05, 3.63) is 36.5 Å². The summed E-state index contributed by atoms with van der Waals surface area (Å²) in [5, 5.41) is 0. The van der Waals surface area contributed by atoms with E-state index < -0.39 is 26.5 Å². The SMILES string of the molecule is CCCCCCC/C=C\C/C=C\C/C=C\CCCCCCCCCCCCCCCCCCC(=O)OC(COC(=O)CCCCCCCCCCCCCCCCCCCCCCCCCCC)COP(=O)([O-])OCC[N+](C)(C)C. The summed E-state index contributed by atoms with van der Waals surface area (Å²) in [5.74, 6) is -0.812. The number of rotatable bonds is 65. The zero-order chi connectivity index (χ0) is 58.4. The number of hydrogen-bond donors (Lipinski definition) is 0. The molecule has 0 heterocycles. The smallest absolute Gasteiger partial charge is 0.306 e. The largest absolute Gasteiger partial charge is 0.756 e. The molecule has 0 saturated carbocycles. The second kappa shape index (κ2) is 61.8. The lowest BCUT2D eigenvalue weighted by molar-refractivity contribution is -0.870. The van der Waals surface area contributed by atoms with Crippen LogP contribution in [0.2, 0.25) is 0 Å². The Kier molecular flexibility index (Phi) is 60.4. The number of allylic oxidation sites excluding steroid dienone is 6. The Morgan fingerprint density at radius 2 is 0.675 bits per heavy atom. The van der Waals surface area contributed by atoms with Gasteiger partial charge >= 0.3 is 11.9 Å². The first-order chi connectivity index (χ1) is 39.0. The Morgan fingerprint density at radius 3 is 1.00 bits per heavy atom. The molecule has 0 radical (unpaired) electrons. The highest BCUT2D eigenvalue weighted by Crippen LogP contribution is 2.38. The molecule has 0 fully saturated rings. The second-order valence-corrected chi connectivity index (χ2v) is 26.3. The summed E-state index contributed by atoms with van der Waals surface area (Å²) in [4.78, 5) is 38.0. The molecule has 2 unspecified atom stereocenters. The van der Waals surface area contributed by atoms with Gasteiger partial charge < -0.3 is 27.9 Å². The fraction of sp³-hybridized carbons (Fsp3) is 0.886. The number of carbonyl (C=O) groups is 2. The summed E-state index contributed by atoms with van der Waals surface area (Å²) in [6.45, 7) is 4.30. The van der Waals surface area contributed by atoms with Crippen LogP contribution >= 0.6 is 7.82 Å². The maximum absolute atomic E-state index is 12.9. The average Bonchev–Trinajstić information content (AvgIpc) is 3.42. The first kappa shape index (κ1) is 78.2. The van der Waals surface area contributed by atoms with E-state index in [0.717, 1.165) is 51.4 Å². The van der Waals surface area contributed by atoms with Crippen molar-refractivity contribution < 1.29 is 42.1 Å². The third kappa shape index (κ3) is 65.4. The van der Waals surface area contributed by atoms with Gasteiger partial charge in [-0.2, -0.15) is 0 Å². The summed E-state index contributed by atoms with van der Waals surface area (Å²) in [6.07, 6.45) is 77.9. The van der Waals surface area contributed by atoms with Gasteiger partial charge in [-0.3, -0.25) is 14.2 Å². The van der Waals surface area contributed by atoms with E-state index in [1.54, 1.807) is 0 Å². The number of unbranched alkanes of at least 4 members (excludes halogenated alkanes) is 45. The average molecular weight is 1150 g/mol. The van der Waals surface area contributed by atoms with Crippen LogP contribution < -0.4 is 4.89 Å². The predicted octanol–water partition coefficient (Wildman–Crippen LogP) is 21.6. The lowest BCUT2D eigenvalue weighted by atomic mass is 10.0. The van der Waals surface area contributed by atoms with Crippen LogP contribution in [-0.4, -0.2) is 70.0 Å². The molecule has 0 saturated heterocycles. The molecule has 0 amide bonds. The fourth-order valence-corrected chi connectivity index (χ4v) is 11.0. The first-order valence-corrected chi connectivity index (χ1v) is 36.2. The van der Waals surface area contributed by atoms with Crippen LogP contribution in [0.3, 0.4) is 0 Å². The van der Waals surface area contributed by atoms with E-state index in [9.17, 15) is 19.0 Å². The Morgan fingerprint density at radius 1 is 0.388 bits per heavy atom. The van der Waals surface area contributed by atoms with Crippen molar-refractivity contribution in [3.63, 3.8) is 0 Å². The van der Waals surface area contributed by atoms with Crippen LogP contribution in [0.15, 0.2) is 36.5 Å². The van der Waals surface area contributed by atoms with Gasteiger partial charge in [0.1, 0.15) is 19.8 Å². The molecule has 0 N–H and O–H groups in total. The quantitative estimate of drug-likeness (QED) is 0.0195. The highest BCUT2D eigenvalue weighted by Gasteiger charge is 2.22. The van der Waals surface area contributed by atoms with E-state index >= 15 is 0 Å². The molecule has 10 heteroatoms. The van der Waals surface area contributed by atoms with Crippen molar-refractivity contribution in [1.29, 1.82) is 0 Å². The van der Waals surface area contributed by atoms with Crippen molar-refractivity contribution in [2.45, 2.75) is 354 Å². The van der Waals surface area contributed by atoms with Crippen molar-refractivity contribution in [2.24, 2.45) is 0 Å². The van der Waals surface area contributed by atoms with Gasteiger partial charge in [-0.1, -0.05) is 320 Å². The molecule has 0 aromatic rings. The standard InChI is InChI=1S/C70H134NO8P/c1-6-8-10-12-14-16-18-20-22-24-26-28-30-32-33-34-35-36-37-39-41-43-45-47-49-51-53-55-57-59-61-63-70(73)79-68(67-78-80(74,75)77-65-64-71(3,4)5)66-76-69(72)62-60-58-56-54-52-50-48-46-44-42-40-38-31-29-27-25-23-21-19-17-15-13-11-9-7-2/h18,20,24,26,30,32,68H,6-17,19,21-23,25,27-29,31,33-67H2,1-5H3/b20-18-,26-24-,32-30-. The number of hydrogen-bond acceptors (Lipinski definition) is 8. The van der Waals surface area contributed by atoms with Gasteiger partial charge in [0.2, 0.25) is 0 Å². The number of quaternary nitrogens is 1. The molecule has 2 atom stereocenters. The van der Waals surface area contributed by atoms with Gasteiger partial charge in [0.25, 0.3) is 7.82 Å². The van der Waals surface area contributed by atoms with Crippen LogP contribution in [-0.2, 0) is 32.7 Å². The van der Waals surface area contributed by atoms with Crippen LogP contribution in [0.1, 0.15) is 348 Å². The molecule has 9 nitrogen and oxygen atoms in total. The van der Waals surface area contributed by atoms with E-state index in [1.807, 2.05) is 21.1 Å². The minimum atomic E-state index is -4.64. The van der Waals surface area contributed by atoms with Crippen LogP contribution in [0.25, 0.3) is 0 Å². The molecular formula is C70H134NO8P. The van der Waals surface area contributed by atoms with Gasteiger partial charge in [0, 0.05) is 12.8 Å². The van der Waals surface area contributed by atoms with Gasteiger partial charge in [0.05, 0.1) is 27.7 Å². The molecule has 0 rings (SSSR count). The molecule has 0 spiro atoms. The summed E-state index contributed by atoms with van der Waals surface area (Å²) in [7, 11) is 1.18. The third-order valence-corrected chi connectivity index (χ3v) is 16.6. The summed E-state index contributed by atoms with van der Waals surface area (Å²) in [6, 6.07) is 0. The topological polar surface area (TPSA) is 111 Å². The molecule has 0 aromatic heterocycles. The van der Waals surface area contributed by atoms with Crippen molar-refractivity contribution in [2.75, 3.05) is 47.5 Å². The normalized spacial score (nSPS) is 13.3. The Labute approximate surface area is 497 Å². The molecule has 80 heavy (non-hydrogen) atoms. The van der Waals surface area contributed by atoms with Gasteiger partial charge in [-0.15, -0.1) is 0 Å². The van der Waals surface area contributed by atoms with E-state index in [1.165, 1.54) is 263 Å². The molecule has 0 aromatic carbocycles. The molecule has 0 aliphatic heterocycles. The van der Waals surface area contributed by atoms with Crippen LogP contribution in [0.5, 0.6) is 0 Å². The van der Waals surface area contributed by atoms with Crippen LogP contribution in [0.4, 0.5) is 0 Å². The zero-order valence-electron chi connectivity index (χ0n) is 53.8. The minimum Gasteiger partial charge on any atom is -0.756 e. The Balaban J connectivity index is 4.01. The second-order valence-electron chi connectivity index (χ2n) is 24.9. The number of carbonyl (C=O) groups excluding carboxylic acids is 2. The van der Waals surface area contributed by atoms with E-state index in [2.05, 4.69) is 50.3 Å². The summed E-state index contributed by atoms with van der Waals surface area (Å²) in [5.41, 5.74) is 0. The van der Waals surface area contributed by atoms with Crippen molar-refractivity contribution in [3.8, 4) is 0 Å².